The molecule has 0 heterocycles. The quantitative estimate of drug-likeness (QED) is 0.630. The Labute approximate surface area is 75.7 Å². The largest absolute Gasteiger partial charge is 0.380 e. The summed E-state index contributed by atoms with van der Waals surface area (Å²) in [7, 11) is 0. The first-order valence-corrected chi connectivity index (χ1v) is 5.19. The Kier molecular flexibility index (Phi) is 4.62. The summed E-state index contributed by atoms with van der Waals surface area (Å²) in [5.74, 6) is 0.906. The molecule has 0 aromatic rings. The van der Waals surface area contributed by atoms with Gasteiger partial charge in [0.05, 0.1) is 6.61 Å². The van der Waals surface area contributed by atoms with E-state index in [0.717, 1.165) is 25.7 Å². The van der Waals surface area contributed by atoms with Gasteiger partial charge in [-0.15, -0.1) is 0 Å². The van der Waals surface area contributed by atoms with Crippen LogP contribution in [0.15, 0.2) is 0 Å². The Bertz CT molecular complexity index is 104. The molecule has 1 fully saturated rings. The number of nitrogens with one attached hydrogen (secondary N) is 1. The molecule has 1 aliphatic carbocycles. The first-order chi connectivity index (χ1) is 5.88. The Hall–Kier alpha value is -0.0800. The lowest BCUT2D eigenvalue weighted by atomic mass is 10.2. The van der Waals surface area contributed by atoms with Crippen molar-refractivity contribution < 1.29 is 4.74 Å². The smallest absolute Gasteiger partial charge is 0.0622 e. The first-order valence-electron chi connectivity index (χ1n) is 5.19. The van der Waals surface area contributed by atoms with Crippen LogP contribution in [0.2, 0.25) is 0 Å². The van der Waals surface area contributed by atoms with E-state index in [1.807, 2.05) is 0 Å². The van der Waals surface area contributed by atoms with E-state index in [1.165, 1.54) is 19.3 Å². The van der Waals surface area contributed by atoms with Crippen molar-refractivity contribution >= 4 is 0 Å². The van der Waals surface area contributed by atoms with Crippen molar-refractivity contribution in [3.63, 3.8) is 0 Å². The van der Waals surface area contributed by atoms with Crippen molar-refractivity contribution in [2.24, 2.45) is 5.92 Å². The molecule has 0 aliphatic heterocycles. The van der Waals surface area contributed by atoms with E-state index < -0.39 is 0 Å². The third kappa shape index (κ3) is 3.55. The number of hydrogen-bond acceptors (Lipinski definition) is 2. The Balaban J connectivity index is 2.09. The van der Waals surface area contributed by atoms with Crippen LogP contribution in [0.3, 0.4) is 0 Å². The summed E-state index contributed by atoms with van der Waals surface area (Å²) in [5, 5.41) is 3.54. The maximum Gasteiger partial charge on any atom is 0.0622 e. The van der Waals surface area contributed by atoms with Crippen molar-refractivity contribution in [2.45, 2.75) is 39.2 Å². The molecule has 0 bridgehead atoms. The minimum absolute atomic E-state index is 0.630. The molecule has 2 heteroatoms. The monoisotopic (exact) mass is 171 g/mol. The van der Waals surface area contributed by atoms with E-state index in [9.17, 15) is 0 Å². The van der Waals surface area contributed by atoms with Gasteiger partial charge in [-0.05, 0) is 38.6 Å². The van der Waals surface area contributed by atoms with Crippen LogP contribution in [0.5, 0.6) is 0 Å². The molecule has 1 saturated carbocycles. The van der Waals surface area contributed by atoms with Crippen molar-refractivity contribution in [1.29, 1.82) is 0 Å². The molecule has 0 aromatic carbocycles. The lowest BCUT2D eigenvalue weighted by Crippen LogP contribution is -2.35. The van der Waals surface area contributed by atoms with Gasteiger partial charge in [-0.1, -0.05) is 6.92 Å². The van der Waals surface area contributed by atoms with Gasteiger partial charge in [0.2, 0.25) is 0 Å². The average molecular weight is 171 g/mol. The highest BCUT2D eigenvalue weighted by Crippen LogP contribution is 2.32. The summed E-state index contributed by atoms with van der Waals surface area (Å²) in [6.07, 6.45) is 4.01. The van der Waals surface area contributed by atoms with Gasteiger partial charge in [0.1, 0.15) is 0 Å². The maximum atomic E-state index is 5.43. The second-order valence-electron chi connectivity index (χ2n) is 3.56. The summed E-state index contributed by atoms with van der Waals surface area (Å²) in [6.45, 7) is 7.15. The molecule has 1 N–H and O–H groups in total. The summed E-state index contributed by atoms with van der Waals surface area (Å²) < 4.78 is 5.43. The van der Waals surface area contributed by atoms with Crippen LogP contribution < -0.4 is 5.32 Å². The third-order valence-corrected chi connectivity index (χ3v) is 2.35. The minimum atomic E-state index is 0.630. The average Bonchev–Trinajstić information content (AvgIpc) is 2.88. The molecule has 1 rings (SSSR count). The Morgan fingerprint density at radius 1 is 1.42 bits per heavy atom. The highest BCUT2D eigenvalue weighted by Gasteiger charge is 2.30. The molecule has 12 heavy (non-hydrogen) atoms. The number of ether oxygens (including phenoxy) is 1. The molecular weight excluding hydrogens is 150 g/mol. The van der Waals surface area contributed by atoms with Crippen LogP contribution in [-0.2, 0) is 4.74 Å². The van der Waals surface area contributed by atoms with Gasteiger partial charge in [-0.3, -0.25) is 0 Å². The summed E-state index contributed by atoms with van der Waals surface area (Å²) in [5.41, 5.74) is 0. The molecule has 0 spiro atoms. The molecule has 0 amide bonds. The first kappa shape index (κ1) is 10.0. The van der Waals surface area contributed by atoms with E-state index in [-0.39, 0.29) is 0 Å². The third-order valence-electron chi connectivity index (χ3n) is 2.35. The highest BCUT2D eigenvalue weighted by atomic mass is 16.5. The predicted molar refractivity (Wildman–Crippen MR) is 51.3 cm³/mol. The fraction of sp³-hybridized carbons (Fsp3) is 1.00. The second-order valence-corrected chi connectivity index (χ2v) is 3.56. The van der Waals surface area contributed by atoms with Crippen LogP contribution in [0, 0.1) is 5.92 Å². The maximum absolute atomic E-state index is 5.43. The van der Waals surface area contributed by atoms with Gasteiger partial charge >= 0.3 is 0 Å². The molecule has 1 atom stereocenters. The molecule has 72 valence electrons. The van der Waals surface area contributed by atoms with Gasteiger partial charge < -0.3 is 10.1 Å². The molecule has 2 nitrogen and oxygen atoms in total. The van der Waals surface area contributed by atoms with Crippen LogP contribution in [0.4, 0.5) is 0 Å². The van der Waals surface area contributed by atoms with Crippen LogP contribution in [0.1, 0.15) is 33.1 Å². The highest BCUT2D eigenvalue weighted by molar-refractivity contribution is 4.86. The van der Waals surface area contributed by atoms with Crippen LogP contribution >= 0.6 is 0 Å². The second kappa shape index (κ2) is 5.55. The lowest BCUT2D eigenvalue weighted by molar-refractivity contribution is 0.116. The molecule has 0 saturated heterocycles. The summed E-state index contributed by atoms with van der Waals surface area (Å²) in [4.78, 5) is 0. The van der Waals surface area contributed by atoms with Crippen molar-refractivity contribution in [2.75, 3.05) is 19.8 Å². The molecule has 0 radical (unpaired) electrons. The summed E-state index contributed by atoms with van der Waals surface area (Å²) >= 11 is 0. The van der Waals surface area contributed by atoms with E-state index in [4.69, 9.17) is 4.74 Å². The number of rotatable bonds is 7. The molecule has 0 aromatic heterocycles. The SMILES string of the molecule is CCCNC(COCC)C1CC1. The number of hydrogen-bond donors (Lipinski definition) is 1. The lowest BCUT2D eigenvalue weighted by Gasteiger charge is -2.17. The van der Waals surface area contributed by atoms with E-state index in [0.29, 0.717) is 6.04 Å². The van der Waals surface area contributed by atoms with Gasteiger partial charge in [0.25, 0.3) is 0 Å². The molecule has 1 unspecified atom stereocenters. The topological polar surface area (TPSA) is 21.3 Å². The van der Waals surface area contributed by atoms with Crippen LogP contribution in [-0.4, -0.2) is 25.8 Å². The normalized spacial score (nSPS) is 19.5. The Morgan fingerprint density at radius 3 is 2.67 bits per heavy atom. The van der Waals surface area contributed by atoms with Gasteiger partial charge in [-0.25, -0.2) is 0 Å². The van der Waals surface area contributed by atoms with E-state index in [2.05, 4.69) is 19.2 Å². The van der Waals surface area contributed by atoms with Crippen molar-refractivity contribution in [1.82, 2.24) is 5.32 Å². The molecule has 1 aliphatic rings. The van der Waals surface area contributed by atoms with Gasteiger partial charge in [0, 0.05) is 12.6 Å². The predicted octanol–water partition coefficient (Wildman–Crippen LogP) is 1.80. The van der Waals surface area contributed by atoms with Crippen molar-refractivity contribution in [3.8, 4) is 0 Å². The van der Waals surface area contributed by atoms with Crippen molar-refractivity contribution in [3.05, 3.63) is 0 Å². The Morgan fingerprint density at radius 2 is 2.17 bits per heavy atom. The van der Waals surface area contributed by atoms with Gasteiger partial charge in [0.15, 0.2) is 0 Å². The zero-order chi connectivity index (χ0) is 8.81. The van der Waals surface area contributed by atoms with E-state index in [1.54, 1.807) is 0 Å². The fourth-order valence-corrected chi connectivity index (χ4v) is 1.43. The zero-order valence-corrected chi connectivity index (χ0v) is 8.31. The summed E-state index contributed by atoms with van der Waals surface area (Å²) in [6, 6.07) is 0.630. The van der Waals surface area contributed by atoms with Gasteiger partial charge in [-0.2, -0.15) is 0 Å². The standard InChI is InChI=1S/C10H21NO/c1-3-7-11-10(8-12-4-2)9-5-6-9/h9-11H,3-8H2,1-2H3. The molecular formula is C10H21NO. The minimum Gasteiger partial charge on any atom is -0.380 e. The van der Waals surface area contributed by atoms with Crippen LogP contribution in [0.25, 0.3) is 0 Å². The fourth-order valence-electron chi connectivity index (χ4n) is 1.43. The van der Waals surface area contributed by atoms with E-state index >= 15 is 0 Å². The zero-order valence-electron chi connectivity index (χ0n) is 8.31.